The first kappa shape index (κ1) is 41.8. The van der Waals surface area contributed by atoms with Crippen LogP contribution in [0.5, 0.6) is 0 Å². The van der Waals surface area contributed by atoms with E-state index in [0.717, 1.165) is 12.8 Å². The molecule has 0 aromatic heterocycles. The molecule has 9 rings (SSSR count). The van der Waals surface area contributed by atoms with E-state index < -0.39 is 25.9 Å². The third kappa shape index (κ3) is 6.28. The van der Waals surface area contributed by atoms with E-state index in [1.807, 2.05) is 0 Å². The van der Waals surface area contributed by atoms with Crippen LogP contribution in [0.15, 0.2) is 126 Å². The van der Waals surface area contributed by atoms with Crippen LogP contribution in [0.25, 0.3) is 45.5 Å². The van der Waals surface area contributed by atoms with Gasteiger partial charge in [0, 0.05) is 0 Å². The third-order valence-electron chi connectivity index (χ3n) is 14.3. The van der Waals surface area contributed by atoms with E-state index in [0.29, 0.717) is 0 Å². The quantitative estimate of drug-likeness (QED) is 0.140. The molecule has 0 bridgehead atoms. The van der Waals surface area contributed by atoms with Crippen molar-refractivity contribution < 1.29 is 16.4 Å². The molecule has 0 fully saturated rings. The minimum atomic E-state index is -5.80. The van der Waals surface area contributed by atoms with Crippen LogP contribution in [-0.2, 0) is 29.2 Å². The Labute approximate surface area is 370 Å². The van der Waals surface area contributed by atoms with E-state index in [-0.39, 0.29) is 18.1 Å². The molecule has 1 heterocycles. The van der Waals surface area contributed by atoms with Gasteiger partial charge in [-0.05, 0) is 0 Å². The van der Waals surface area contributed by atoms with Crippen molar-refractivity contribution in [2.24, 2.45) is 10.8 Å². The summed E-state index contributed by atoms with van der Waals surface area (Å²) in [5.41, 5.74) is 20.9. The van der Waals surface area contributed by atoms with Crippen molar-refractivity contribution >= 4 is 52.3 Å². The van der Waals surface area contributed by atoms with Gasteiger partial charge in [0.2, 0.25) is 0 Å². The van der Waals surface area contributed by atoms with Gasteiger partial charge >= 0.3 is 373 Å². The molecule has 60 heavy (non-hydrogen) atoms. The molecular weight excluding hydrogens is 863 g/mol. The fourth-order valence-corrected chi connectivity index (χ4v) is 39.8. The molecule has 0 nitrogen and oxygen atoms in total. The first-order valence-corrected chi connectivity index (χ1v) is 34.0. The van der Waals surface area contributed by atoms with E-state index in [2.05, 4.69) is 197 Å². The van der Waals surface area contributed by atoms with Crippen LogP contribution in [0.2, 0.25) is 0 Å². The van der Waals surface area contributed by atoms with E-state index in [1.165, 1.54) is 103 Å². The zero-order valence-corrected chi connectivity index (χ0v) is 42.5. The Bertz CT molecular complexity index is 2670. The Morgan fingerprint density at radius 3 is 1.42 bits per heavy atom. The van der Waals surface area contributed by atoms with Gasteiger partial charge in [-0.15, -0.1) is 0 Å². The Morgan fingerprint density at radius 1 is 0.517 bits per heavy atom. The van der Waals surface area contributed by atoms with Gasteiger partial charge in [0.1, 0.15) is 0 Å². The second-order valence-corrected chi connectivity index (χ2v) is 42.4. The Kier molecular flexibility index (Phi) is 10.3. The molecule has 0 saturated heterocycles. The van der Waals surface area contributed by atoms with Crippen LogP contribution in [0.1, 0.15) is 107 Å². The fourth-order valence-electron chi connectivity index (χ4n) is 11.5. The normalized spacial score (nSPS) is 18.0. The van der Waals surface area contributed by atoms with E-state index in [4.69, 9.17) is 0 Å². The van der Waals surface area contributed by atoms with Crippen LogP contribution < -0.4 is 13.6 Å². The zero-order chi connectivity index (χ0) is 42.5. The summed E-state index contributed by atoms with van der Waals surface area (Å²) in [5, 5.41) is 2.95. The molecular formula is C56H59Cl2SiZr. The average molecular weight is 922 g/mol. The molecule has 2 unspecified atom stereocenters. The standard InChI is InChI=1S/2C22H25.C12H9Si.2ClH.Zr/c2*1-6-16-9-7-8-10-19(16)21-15(2)11-12-17-13-18(14-20(17)21)22(3,4)5;1-3-7-11-9(5-1)10-6-2-4-8-12(10)13-11;;;/h2*7-14H,6H2,1-5H3;1-7H,13H2;2*1H;/q;;;;;+2/p-2. The molecule has 6 aromatic rings. The van der Waals surface area contributed by atoms with Gasteiger partial charge in [0.25, 0.3) is 0 Å². The summed E-state index contributed by atoms with van der Waals surface area (Å²) in [4.78, 5) is 0. The number of rotatable bonds is 7. The SMILES string of the molecule is CCc1ccccc1-c1c(C)ccc2c1C=C(C(C)(C)C)[CH]2[Zr]([Cl])([Cl])([c]1cccc2c1[SiH2]c1ccccc1-2)[CH]1C(C(C)(C)C)=Cc2c1ccc(C)c2-c1ccccc1CC. The van der Waals surface area contributed by atoms with Crippen molar-refractivity contribution in [2.45, 2.75) is 89.3 Å². The van der Waals surface area contributed by atoms with Crippen molar-refractivity contribution in [3.05, 3.63) is 171 Å². The van der Waals surface area contributed by atoms with Crippen LogP contribution in [-0.4, -0.2) is 9.52 Å². The number of halogens is 2. The summed E-state index contributed by atoms with van der Waals surface area (Å²) in [6.07, 6.45) is 7.04. The second kappa shape index (κ2) is 14.8. The number of hydrogen-bond acceptors (Lipinski definition) is 0. The maximum atomic E-state index is 9.53. The minimum absolute atomic E-state index is 0.156. The van der Waals surface area contributed by atoms with E-state index in [1.54, 1.807) is 0 Å². The zero-order valence-electron chi connectivity index (χ0n) is 37.2. The summed E-state index contributed by atoms with van der Waals surface area (Å²) < 4.78 is 0.973. The van der Waals surface area contributed by atoms with Gasteiger partial charge in [-0.3, -0.25) is 0 Å². The Hall–Kier alpha value is -3.52. The molecule has 2 atom stereocenters. The van der Waals surface area contributed by atoms with Crippen molar-refractivity contribution in [3.63, 3.8) is 0 Å². The second-order valence-electron chi connectivity index (χ2n) is 19.9. The van der Waals surface area contributed by atoms with Crippen molar-refractivity contribution in [1.29, 1.82) is 0 Å². The first-order chi connectivity index (χ1) is 28.5. The van der Waals surface area contributed by atoms with Crippen LogP contribution in [0.4, 0.5) is 0 Å². The van der Waals surface area contributed by atoms with Crippen LogP contribution in [0.3, 0.4) is 0 Å². The summed E-state index contributed by atoms with van der Waals surface area (Å²) in [6, 6.07) is 43.7. The molecule has 2 aliphatic carbocycles. The van der Waals surface area contributed by atoms with Crippen molar-refractivity contribution in [1.82, 2.24) is 0 Å². The van der Waals surface area contributed by atoms with E-state index in [9.17, 15) is 17.0 Å². The molecule has 0 N–H and O–H groups in total. The number of benzene rings is 6. The average Bonchev–Trinajstić information content (AvgIpc) is 3.94. The van der Waals surface area contributed by atoms with Gasteiger partial charge < -0.3 is 0 Å². The monoisotopic (exact) mass is 919 g/mol. The number of allylic oxidation sites excluding steroid dienone is 2. The summed E-state index contributed by atoms with van der Waals surface area (Å²) in [5.74, 6) is 0. The molecule has 4 heteroatoms. The number of aryl methyl sites for hydroxylation is 4. The third-order valence-corrected chi connectivity index (χ3v) is 36.8. The topological polar surface area (TPSA) is 0 Å². The van der Waals surface area contributed by atoms with Crippen molar-refractivity contribution in [2.75, 3.05) is 0 Å². The molecule has 1 aliphatic heterocycles. The molecule has 0 amide bonds. The molecule has 6 aromatic carbocycles. The van der Waals surface area contributed by atoms with Crippen LogP contribution >= 0.6 is 17.0 Å². The van der Waals surface area contributed by atoms with Gasteiger partial charge in [-0.1, -0.05) is 0 Å². The summed E-state index contributed by atoms with van der Waals surface area (Å²) in [7, 11) is 18.2. The van der Waals surface area contributed by atoms with Crippen LogP contribution in [0, 0.1) is 24.7 Å². The van der Waals surface area contributed by atoms with Gasteiger partial charge in [0.15, 0.2) is 0 Å². The van der Waals surface area contributed by atoms with Gasteiger partial charge in [0.05, 0.1) is 0 Å². The Balaban J connectivity index is 1.43. The molecule has 305 valence electrons. The predicted octanol–water partition coefficient (Wildman–Crippen LogP) is 13.9. The Morgan fingerprint density at radius 2 is 0.950 bits per heavy atom. The number of fused-ring (bicyclic) bond motifs is 5. The predicted molar refractivity (Wildman–Crippen MR) is 263 cm³/mol. The molecule has 0 radical (unpaired) electrons. The molecule has 3 aliphatic rings. The maximum absolute atomic E-state index is 9.53. The van der Waals surface area contributed by atoms with E-state index >= 15 is 0 Å². The van der Waals surface area contributed by atoms with Gasteiger partial charge in [-0.25, -0.2) is 0 Å². The summed E-state index contributed by atoms with van der Waals surface area (Å²) >= 11 is -5.80. The van der Waals surface area contributed by atoms with Crippen molar-refractivity contribution in [3.8, 4) is 33.4 Å². The first-order valence-electron chi connectivity index (χ1n) is 22.1. The molecule has 0 saturated carbocycles. The van der Waals surface area contributed by atoms with Gasteiger partial charge in [-0.2, -0.15) is 0 Å². The molecule has 0 spiro atoms. The number of hydrogen-bond donors (Lipinski definition) is 0. The summed E-state index contributed by atoms with van der Waals surface area (Å²) in [6.45, 7) is 23.4. The fraction of sp³-hybridized carbons (Fsp3) is 0.286.